The Hall–Kier alpha value is -2.40. The monoisotopic (exact) mass is 839 g/mol. The predicted octanol–water partition coefficient (Wildman–Crippen LogP) is 17.3. The highest BCUT2D eigenvalue weighted by Crippen LogP contribution is 2.14. The summed E-state index contributed by atoms with van der Waals surface area (Å²) in [6.07, 6.45) is 63.8. The summed E-state index contributed by atoms with van der Waals surface area (Å²) in [6, 6.07) is 0. The normalized spacial score (nSPS) is 12.7. The predicted molar refractivity (Wildman–Crippen MR) is 261 cm³/mol. The molecule has 0 radical (unpaired) electrons. The fourth-order valence-electron chi connectivity index (χ4n) is 7.20. The molecule has 0 heterocycles. The topological polar surface area (TPSA) is 61.8 Å². The van der Waals surface area contributed by atoms with Gasteiger partial charge in [-0.25, -0.2) is 0 Å². The van der Waals surface area contributed by atoms with Crippen LogP contribution in [-0.2, 0) is 23.8 Å². The van der Waals surface area contributed by atoms with E-state index in [4.69, 9.17) is 14.2 Å². The van der Waals surface area contributed by atoms with E-state index in [1.807, 2.05) is 0 Å². The first-order valence-electron chi connectivity index (χ1n) is 25.8. The number of esters is 2. The molecule has 0 saturated carbocycles. The van der Waals surface area contributed by atoms with Crippen LogP contribution in [0.3, 0.4) is 0 Å². The Bertz CT molecular complexity index is 1040. The van der Waals surface area contributed by atoms with Crippen molar-refractivity contribution in [2.24, 2.45) is 0 Å². The van der Waals surface area contributed by atoms with Gasteiger partial charge in [-0.1, -0.05) is 216 Å². The molecule has 60 heavy (non-hydrogen) atoms. The zero-order valence-corrected chi connectivity index (χ0v) is 40.0. The van der Waals surface area contributed by atoms with Gasteiger partial charge in [0.25, 0.3) is 0 Å². The van der Waals surface area contributed by atoms with Crippen LogP contribution in [-0.4, -0.2) is 37.9 Å². The van der Waals surface area contributed by atoms with Crippen LogP contribution in [0.25, 0.3) is 0 Å². The molecular formula is C55H98O5. The summed E-state index contributed by atoms with van der Waals surface area (Å²) in [5.41, 5.74) is 0. The lowest BCUT2D eigenvalue weighted by Gasteiger charge is -2.18. The largest absolute Gasteiger partial charge is 0.462 e. The fourth-order valence-corrected chi connectivity index (χ4v) is 7.20. The minimum atomic E-state index is -0.540. The van der Waals surface area contributed by atoms with Gasteiger partial charge in [-0.15, -0.1) is 0 Å². The molecule has 0 aromatic carbocycles. The molecule has 0 spiro atoms. The van der Waals surface area contributed by atoms with Gasteiger partial charge in [0, 0.05) is 19.4 Å². The number of unbranched alkanes of at least 4 members (excludes halogenated alkanes) is 26. The van der Waals surface area contributed by atoms with Crippen molar-refractivity contribution in [2.75, 3.05) is 19.8 Å². The molecule has 1 atom stereocenters. The molecule has 5 nitrogen and oxygen atoms in total. The quantitative estimate of drug-likeness (QED) is 0.0347. The van der Waals surface area contributed by atoms with Gasteiger partial charge in [0.2, 0.25) is 0 Å². The van der Waals surface area contributed by atoms with E-state index in [1.165, 1.54) is 154 Å². The SMILES string of the molecule is CC/C=C\C/C=C\C/C=C\C/C=C\CCCCCCCCCOCC(COC(=O)CCCCCCCCC/C=C\CCCCCCCC)OC(=O)CCCCCCCCC. The van der Waals surface area contributed by atoms with Gasteiger partial charge in [0.15, 0.2) is 6.10 Å². The number of rotatable bonds is 47. The fraction of sp³-hybridized carbons (Fsp3) is 0.782. The number of allylic oxidation sites excluding steroid dienone is 10. The molecule has 0 fully saturated rings. The molecule has 0 aliphatic heterocycles. The maximum absolute atomic E-state index is 12.7. The second-order valence-corrected chi connectivity index (χ2v) is 17.0. The van der Waals surface area contributed by atoms with Gasteiger partial charge in [-0.3, -0.25) is 9.59 Å². The van der Waals surface area contributed by atoms with E-state index in [-0.39, 0.29) is 25.2 Å². The van der Waals surface area contributed by atoms with Gasteiger partial charge in [0.05, 0.1) is 6.61 Å². The molecule has 0 aromatic rings. The van der Waals surface area contributed by atoms with E-state index in [0.717, 1.165) is 64.2 Å². The first kappa shape index (κ1) is 57.6. The Kier molecular flexibility index (Phi) is 48.9. The molecular weight excluding hydrogens is 741 g/mol. The minimum Gasteiger partial charge on any atom is -0.462 e. The van der Waals surface area contributed by atoms with Gasteiger partial charge < -0.3 is 14.2 Å². The van der Waals surface area contributed by atoms with E-state index >= 15 is 0 Å². The van der Waals surface area contributed by atoms with Crippen molar-refractivity contribution in [2.45, 2.75) is 258 Å². The maximum Gasteiger partial charge on any atom is 0.306 e. The average Bonchev–Trinajstić information content (AvgIpc) is 3.25. The third kappa shape index (κ3) is 48.3. The third-order valence-corrected chi connectivity index (χ3v) is 11.0. The number of carbonyl (C=O) groups is 2. The Morgan fingerprint density at radius 3 is 1.22 bits per heavy atom. The summed E-state index contributed by atoms with van der Waals surface area (Å²) >= 11 is 0. The summed E-state index contributed by atoms with van der Waals surface area (Å²) < 4.78 is 17.3. The van der Waals surface area contributed by atoms with Crippen LogP contribution in [0.2, 0.25) is 0 Å². The van der Waals surface area contributed by atoms with Crippen LogP contribution in [0.1, 0.15) is 252 Å². The first-order chi connectivity index (χ1) is 29.6. The molecule has 0 amide bonds. The molecule has 0 N–H and O–H groups in total. The minimum absolute atomic E-state index is 0.0793. The standard InChI is InChI=1S/C55H98O5/c1-4-7-10-13-16-18-20-22-24-26-27-28-30-32-34-36-38-41-44-47-50-58-51-53(60-55(57)49-46-43-39-15-12-9-6-3)52-59-54(56)48-45-42-40-37-35-33-31-29-25-23-21-19-17-14-11-8-5-2/h7,10,16,18,22-25,27-28,53H,4-6,8-9,11-15,17,19-21,26,29-52H2,1-3H3/b10-7-,18-16-,24-22-,25-23-,28-27-. The average molecular weight is 839 g/mol. The Morgan fingerprint density at radius 1 is 0.383 bits per heavy atom. The van der Waals surface area contributed by atoms with Crippen molar-refractivity contribution >= 4 is 11.9 Å². The lowest BCUT2D eigenvalue weighted by Crippen LogP contribution is -2.30. The summed E-state index contributed by atoms with van der Waals surface area (Å²) in [5.74, 6) is -0.409. The third-order valence-electron chi connectivity index (χ3n) is 11.0. The Labute approximate surface area is 373 Å². The zero-order chi connectivity index (χ0) is 43.5. The zero-order valence-electron chi connectivity index (χ0n) is 40.0. The smallest absolute Gasteiger partial charge is 0.306 e. The molecule has 0 bridgehead atoms. The van der Waals surface area contributed by atoms with E-state index < -0.39 is 6.10 Å². The van der Waals surface area contributed by atoms with Crippen LogP contribution in [0, 0.1) is 0 Å². The van der Waals surface area contributed by atoms with Crippen LogP contribution >= 0.6 is 0 Å². The summed E-state index contributed by atoms with van der Waals surface area (Å²) in [7, 11) is 0. The van der Waals surface area contributed by atoms with Gasteiger partial charge >= 0.3 is 11.9 Å². The lowest BCUT2D eigenvalue weighted by atomic mass is 10.1. The van der Waals surface area contributed by atoms with Crippen LogP contribution in [0.5, 0.6) is 0 Å². The van der Waals surface area contributed by atoms with E-state index in [1.54, 1.807) is 0 Å². The Balaban J connectivity index is 4.12. The molecule has 0 aromatic heterocycles. The van der Waals surface area contributed by atoms with Gasteiger partial charge in [-0.2, -0.15) is 0 Å². The number of ether oxygens (including phenoxy) is 3. The van der Waals surface area contributed by atoms with Crippen molar-refractivity contribution in [3.8, 4) is 0 Å². The summed E-state index contributed by atoms with van der Waals surface area (Å²) in [4.78, 5) is 25.2. The van der Waals surface area contributed by atoms with Gasteiger partial charge in [0.1, 0.15) is 6.61 Å². The molecule has 0 rings (SSSR count). The molecule has 0 aliphatic carbocycles. The first-order valence-corrected chi connectivity index (χ1v) is 25.8. The van der Waals surface area contributed by atoms with Crippen molar-refractivity contribution < 1.29 is 23.8 Å². The van der Waals surface area contributed by atoms with Crippen molar-refractivity contribution in [3.63, 3.8) is 0 Å². The highest BCUT2D eigenvalue weighted by Gasteiger charge is 2.17. The van der Waals surface area contributed by atoms with Crippen molar-refractivity contribution in [3.05, 3.63) is 60.8 Å². The number of hydrogen-bond donors (Lipinski definition) is 0. The second kappa shape index (κ2) is 51.0. The van der Waals surface area contributed by atoms with E-state index in [9.17, 15) is 9.59 Å². The molecule has 0 saturated heterocycles. The summed E-state index contributed by atoms with van der Waals surface area (Å²) in [6.45, 7) is 7.67. The molecule has 348 valence electrons. The highest BCUT2D eigenvalue weighted by atomic mass is 16.6. The van der Waals surface area contributed by atoms with E-state index in [2.05, 4.69) is 81.5 Å². The Morgan fingerprint density at radius 2 is 0.750 bits per heavy atom. The molecule has 0 aliphatic rings. The highest BCUT2D eigenvalue weighted by molar-refractivity contribution is 5.70. The van der Waals surface area contributed by atoms with Crippen molar-refractivity contribution in [1.82, 2.24) is 0 Å². The number of carbonyl (C=O) groups excluding carboxylic acids is 2. The van der Waals surface area contributed by atoms with Gasteiger partial charge in [-0.05, 0) is 83.5 Å². The summed E-state index contributed by atoms with van der Waals surface area (Å²) in [5, 5.41) is 0. The van der Waals surface area contributed by atoms with E-state index in [0.29, 0.717) is 19.4 Å². The number of hydrogen-bond acceptors (Lipinski definition) is 5. The second-order valence-electron chi connectivity index (χ2n) is 17.0. The van der Waals surface area contributed by atoms with Crippen LogP contribution in [0.4, 0.5) is 0 Å². The van der Waals surface area contributed by atoms with Crippen molar-refractivity contribution in [1.29, 1.82) is 0 Å². The lowest BCUT2D eigenvalue weighted by molar-refractivity contribution is -0.163. The maximum atomic E-state index is 12.7. The van der Waals surface area contributed by atoms with Crippen LogP contribution in [0.15, 0.2) is 60.8 Å². The molecule has 5 heteroatoms. The molecule has 1 unspecified atom stereocenters. The van der Waals surface area contributed by atoms with Crippen LogP contribution < -0.4 is 0 Å².